The number of aromatic nitrogens is 1. The average Bonchev–Trinajstić information content (AvgIpc) is 4.46. The van der Waals surface area contributed by atoms with Crippen molar-refractivity contribution in [1.29, 1.82) is 0 Å². The zero-order chi connectivity index (χ0) is 55.3. The molecule has 9 heteroatoms. The summed E-state index contributed by atoms with van der Waals surface area (Å²) in [5, 5.41) is 1.26. The van der Waals surface area contributed by atoms with Crippen molar-refractivity contribution in [3.8, 4) is 9.75 Å². The summed E-state index contributed by atoms with van der Waals surface area (Å²) >= 11 is 7.31. The first kappa shape index (κ1) is 64.6. The van der Waals surface area contributed by atoms with Crippen molar-refractivity contribution < 1.29 is 9.59 Å². The molecule has 0 aliphatic carbocycles. The summed E-state index contributed by atoms with van der Waals surface area (Å²) in [5.74, 6) is 0.913. The van der Waals surface area contributed by atoms with Crippen LogP contribution in [0, 0.1) is 25.7 Å². The first-order valence-corrected chi connectivity index (χ1v) is 36.2. The van der Waals surface area contributed by atoms with Crippen LogP contribution < -0.4 is 0 Å². The zero-order valence-corrected chi connectivity index (χ0v) is 54.0. The molecule has 0 aromatic carbocycles. The second-order valence-electron chi connectivity index (χ2n) is 24.0. The number of unbranched alkanes of at least 4 members (excludes halogenated alkanes) is 29. The molecule has 2 atom stereocenters. The topological polar surface area (TPSA) is 53.5 Å². The summed E-state index contributed by atoms with van der Waals surface area (Å²) < 4.78 is 1.31. The minimum atomic E-state index is 0.0578. The highest BCUT2D eigenvalue weighted by molar-refractivity contribution is 7.29. The van der Waals surface area contributed by atoms with Crippen LogP contribution in [-0.4, -0.2) is 39.7 Å². The highest BCUT2D eigenvalue weighted by Gasteiger charge is 2.50. The number of carbonyl (C=O) groups is 2. The maximum absolute atomic E-state index is 15.9. The fraction of sp³-hybridized carbons (Fsp3) is 0.725. The standard InChI is InChI=1S/C69H109N3O2S4/c1-8-13-18-23-28-30-34-39-44-55(42-37-32-25-20-15-10-3)51-71-64(57-48-47-53(6)75-57)61-62(69(71)74)65(72(68(61)73)52-56(43-38-33-26-21-16-11-4)45-40-35-31-29-24-19-14-9-2)58-49-50-59(77-58)66-67-63(54(7)76-66)70-60(78-67)46-41-36-27-22-17-12-5/h47-50,55-56H,8-46,51-52H2,1-7H3. The third-order valence-electron chi connectivity index (χ3n) is 17.2. The fourth-order valence-corrected chi connectivity index (χ4v) is 17.1. The van der Waals surface area contributed by atoms with Crippen LogP contribution in [0.25, 0.3) is 31.4 Å². The Labute approximate surface area is 493 Å². The van der Waals surface area contributed by atoms with Gasteiger partial charge in [-0.25, -0.2) is 4.98 Å². The van der Waals surface area contributed by atoms with Crippen molar-refractivity contribution in [3.63, 3.8) is 0 Å². The van der Waals surface area contributed by atoms with Gasteiger partial charge in [-0.1, -0.05) is 247 Å². The zero-order valence-electron chi connectivity index (χ0n) is 50.7. The van der Waals surface area contributed by atoms with E-state index in [1.165, 1.54) is 253 Å². The molecule has 2 amide bonds. The van der Waals surface area contributed by atoms with Gasteiger partial charge in [-0.05, 0) is 88.5 Å². The smallest absolute Gasteiger partial charge is 0.261 e. The predicted molar refractivity (Wildman–Crippen MR) is 346 cm³/mol. The second kappa shape index (κ2) is 36.8. The van der Waals surface area contributed by atoms with Crippen LogP contribution in [0.5, 0.6) is 0 Å². The van der Waals surface area contributed by atoms with Crippen LogP contribution >= 0.6 is 45.3 Å². The van der Waals surface area contributed by atoms with Crippen LogP contribution in [0.15, 0.2) is 35.4 Å². The van der Waals surface area contributed by atoms with Crippen molar-refractivity contribution in [1.82, 2.24) is 14.8 Å². The van der Waals surface area contributed by atoms with Crippen molar-refractivity contribution in [2.24, 2.45) is 11.8 Å². The summed E-state index contributed by atoms with van der Waals surface area (Å²) in [7, 11) is 0. The number of aryl methyl sites for hydroxylation is 3. The Hall–Kier alpha value is -2.59. The molecule has 0 N–H and O–H groups in total. The van der Waals surface area contributed by atoms with Gasteiger partial charge in [0.2, 0.25) is 0 Å². The van der Waals surface area contributed by atoms with E-state index in [0.29, 0.717) is 36.1 Å². The molecule has 2 aliphatic heterocycles. The summed E-state index contributed by atoms with van der Waals surface area (Å²) in [6, 6.07) is 8.96. The maximum atomic E-state index is 15.9. The molecule has 0 saturated carbocycles. The Balaban J connectivity index is 1.36. The summed E-state index contributed by atoms with van der Waals surface area (Å²) in [6.07, 6.45) is 49.6. The Kier molecular flexibility index (Phi) is 30.5. The van der Waals surface area contributed by atoms with Gasteiger partial charge in [-0.2, -0.15) is 0 Å². The third-order valence-corrected chi connectivity index (χ3v) is 21.8. The Bertz CT molecular complexity index is 2390. The number of hydrogen-bond acceptors (Lipinski definition) is 7. The van der Waals surface area contributed by atoms with E-state index in [1.807, 2.05) is 22.7 Å². The number of amides is 2. The van der Waals surface area contributed by atoms with Crippen molar-refractivity contribution in [2.75, 3.05) is 13.1 Å². The minimum absolute atomic E-state index is 0.0578. The molecule has 2 unspecified atom stereocenters. The van der Waals surface area contributed by atoms with E-state index < -0.39 is 0 Å². The Morgan fingerprint density at radius 1 is 0.410 bits per heavy atom. The molecule has 0 spiro atoms. The minimum Gasteiger partial charge on any atom is -0.306 e. The van der Waals surface area contributed by atoms with Gasteiger partial charge in [0.15, 0.2) is 0 Å². The Morgan fingerprint density at radius 2 is 0.769 bits per heavy atom. The SMILES string of the molecule is CCCCCCCCCCC(CCCCCCCC)CN1C(=O)C2=C(c3ccc(-c4sc(C)c5nc(CCCCCCCC)sc45)s3)N(CC(CCCCCCCC)CCCCCCCCCC)C(=O)C2=C1c1ccc(C)s1. The highest BCUT2D eigenvalue weighted by Crippen LogP contribution is 2.52. The van der Waals surface area contributed by atoms with Gasteiger partial charge < -0.3 is 9.80 Å². The molecule has 436 valence electrons. The molecule has 0 radical (unpaired) electrons. The van der Waals surface area contributed by atoms with E-state index in [-0.39, 0.29) is 11.8 Å². The van der Waals surface area contributed by atoms with Gasteiger partial charge in [-0.3, -0.25) is 9.59 Å². The number of rotatable bonds is 46. The van der Waals surface area contributed by atoms with Crippen LogP contribution in [0.1, 0.15) is 303 Å². The fourth-order valence-electron chi connectivity index (χ4n) is 12.5. The van der Waals surface area contributed by atoms with Gasteiger partial charge in [0.05, 0.1) is 52.4 Å². The highest BCUT2D eigenvalue weighted by atomic mass is 32.1. The summed E-state index contributed by atoms with van der Waals surface area (Å²) in [5.41, 5.74) is 4.31. The van der Waals surface area contributed by atoms with E-state index in [0.717, 1.165) is 53.3 Å². The van der Waals surface area contributed by atoms with Gasteiger partial charge in [0, 0.05) is 27.7 Å². The lowest BCUT2D eigenvalue weighted by atomic mass is 9.93. The van der Waals surface area contributed by atoms with Crippen LogP contribution in [-0.2, 0) is 16.0 Å². The van der Waals surface area contributed by atoms with Crippen molar-refractivity contribution in [2.45, 2.75) is 299 Å². The molecule has 6 heterocycles. The van der Waals surface area contributed by atoms with E-state index in [1.54, 1.807) is 22.7 Å². The second-order valence-corrected chi connectivity index (χ2v) is 28.7. The lowest BCUT2D eigenvalue weighted by Crippen LogP contribution is -2.34. The van der Waals surface area contributed by atoms with Gasteiger partial charge in [-0.15, -0.1) is 45.3 Å². The number of hydrogen-bond donors (Lipinski definition) is 0. The van der Waals surface area contributed by atoms with Gasteiger partial charge >= 0.3 is 0 Å². The monoisotopic (exact) mass is 1140 g/mol. The molecule has 78 heavy (non-hydrogen) atoms. The number of carbonyl (C=O) groups excluding carboxylic acids is 2. The number of thiazole rings is 1. The first-order chi connectivity index (χ1) is 38.2. The van der Waals surface area contributed by atoms with E-state index in [2.05, 4.69) is 82.5 Å². The van der Waals surface area contributed by atoms with Crippen LogP contribution in [0.2, 0.25) is 0 Å². The van der Waals surface area contributed by atoms with Gasteiger partial charge in [0.25, 0.3) is 11.8 Å². The van der Waals surface area contributed by atoms with E-state index >= 15 is 9.59 Å². The van der Waals surface area contributed by atoms with E-state index in [9.17, 15) is 0 Å². The molecule has 0 saturated heterocycles. The molecule has 5 nitrogen and oxygen atoms in total. The normalized spacial score (nSPS) is 14.7. The quantitative estimate of drug-likeness (QED) is 0.0414. The predicted octanol–water partition coefficient (Wildman–Crippen LogP) is 23.3. The summed E-state index contributed by atoms with van der Waals surface area (Å²) in [4.78, 5) is 48.5. The molecule has 2 aliphatic rings. The third kappa shape index (κ3) is 19.8. The Morgan fingerprint density at radius 3 is 1.17 bits per heavy atom. The molecule has 4 aromatic rings. The molecule has 0 fully saturated rings. The lowest BCUT2D eigenvalue weighted by Gasteiger charge is -2.29. The van der Waals surface area contributed by atoms with Crippen LogP contribution in [0.4, 0.5) is 0 Å². The largest absolute Gasteiger partial charge is 0.306 e. The maximum Gasteiger partial charge on any atom is 0.261 e. The van der Waals surface area contributed by atoms with Crippen molar-refractivity contribution >= 4 is 78.8 Å². The van der Waals surface area contributed by atoms with Crippen molar-refractivity contribution in [3.05, 3.63) is 59.9 Å². The number of fused-ring (bicyclic) bond motifs is 2. The average molecular weight is 1140 g/mol. The molecule has 0 bridgehead atoms. The number of nitrogens with zero attached hydrogens (tertiary/aromatic N) is 3. The lowest BCUT2D eigenvalue weighted by molar-refractivity contribution is -0.124. The molecular formula is C69H109N3O2S4. The van der Waals surface area contributed by atoms with Crippen LogP contribution in [0.3, 0.4) is 0 Å². The summed E-state index contributed by atoms with van der Waals surface area (Å²) in [6.45, 7) is 17.3. The molecule has 6 rings (SSSR count). The first-order valence-electron chi connectivity index (χ1n) is 32.9. The number of thiophene rings is 3. The molecular weight excluding hydrogens is 1030 g/mol. The molecule has 4 aromatic heterocycles. The van der Waals surface area contributed by atoms with Gasteiger partial charge in [0.1, 0.15) is 0 Å². The van der Waals surface area contributed by atoms with E-state index in [4.69, 9.17) is 4.98 Å².